The van der Waals surface area contributed by atoms with Gasteiger partial charge in [-0.15, -0.1) is 0 Å². The Labute approximate surface area is 109 Å². The molecule has 0 aliphatic rings. The highest BCUT2D eigenvalue weighted by Gasteiger charge is 2.06. The van der Waals surface area contributed by atoms with E-state index in [1.54, 1.807) is 0 Å². The summed E-state index contributed by atoms with van der Waals surface area (Å²) in [5, 5.41) is 3.05. The smallest absolute Gasteiger partial charge is 0.267 e. The minimum absolute atomic E-state index is 0.236. The van der Waals surface area contributed by atoms with Gasteiger partial charge in [-0.2, -0.15) is 0 Å². The first-order valence-corrected chi connectivity index (χ1v) is 5.69. The van der Waals surface area contributed by atoms with E-state index in [1.807, 2.05) is 0 Å². The van der Waals surface area contributed by atoms with Crippen molar-refractivity contribution in [2.75, 3.05) is 5.32 Å². The van der Waals surface area contributed by atoms with Gasteiger partial charge in [0.1, 0.15) is 10.3 Å². The molecule has 0 atom stereocenters. The number of nitrogens with one attached hydrogen (secondary N) is 2. The minimum Gasteiger partial charge on any atom is -0.339 e. The molecule has 1 heterocycles. The summed E-state index contributed by atoms with van der Waals surface area (Å²) in [7, 11) is 0. The van der Waals surface area contributed by atoms with Gasteiger partial charge in [-0.05, 0) is 34.1 Å². The predicted octanol–water partition coefficient (Wildman–Crippen LogP) is 3.07. The molecule has 0 aliphatic carbocycles. The van der Waals surface area contributed by atoms with Crippen molar-refractivity contribution in [1.82, 2.24) is 9.97 Å². The van der Waals surface area contributed by atoms with Gasteiger partial charge in [0.2, 0.25) is 0 Å². The Morgan fingerprint density at radius 2 is 2.18 bits per heavy atom. The van der Waals surface area contributed by atoms with Crippen molar-refractivity contribution in [3.63, 3.8) is 0 Å². The molecule has 17 heavy (non-hydrogen) atoms. The number of halogens is 3. The van der Waals surface area contributed by atoms with Gasteiger partial charge in [-0.25, -0.2) is 9.37 Å². The van der Waals surface area contributed by atoms with Gasteiger partial charge in [0.25, 0.3) is 5.56 Å². The van der Waals surface area contributed by atoms with Crippen LogP contribution in [0.25, 0.3) is 0 Å². The molecule has 0 amide bonds. The van der Waals surface area contributed by atoms with Crippen molar-refractivity contribution in [3.05, 3.63) is 50.2 Å². The third-order valence-corrected chi connectivity index (χ3v) is 2.88. The fourth-order valence-electron chi connectivity index (χ4n) is 1.23. The van der Waals surface area contributed by atoms with E-state index in [1.165, 1.54) is 24.5 Å². The van der Waals surface area contributed by atoms with E-state index in [9.17, 15) is 9.18 Å². The molecule has 0 radical (unpaired) electrons. The van der Waals surface area contributed by atoms with Crippen LogP contribution in [-0.2, 0) is 0 Å². The molecular formula is C10H6BrClFN3O. The number of benzene rings is 1. The summed E-state index contributed by atoms with van der Waals surface area (Å²) in [5.41, 5.74) is 0.0822. The largest absolute Gasteiger partial charge is 0.339 e. The molecule has 2 rings (SSSR count). The Bertz CT molecular complexity index is 596. The highest BCUT2D eigenvalue weighted by Crippen LogP contribution is 2.23. The summed E-state index contributed by atoms with van der Waals surface area (Å²) in [4.78, 5) is 17.6. The molecule has 0 unspecified atom stereocenters. The van der Waals surface area contributed by atoms with Crippen LogP contribution in [0.2, 0.25) is 5.02 Å². The number of H-pyrrole nitrogens is 1. The fraction of sp³-hybridized carbons (Fsp3) is 0. The summed E-state index contributed by atoms with van der Waals surface area (Å²) in [6.07, 6.45) is 1.25. The van der Waals surface area contributed by atoms with Crippen LogP contribution in [0.4, 0.5) is 15.9 Å². The van der Waals surface area contributed by atoms with Crippen LogP contribution in [-0.4, -0.2) is 9.97 Å². The lowest BCUT2D eigenvalue weighted by atomic mass is 10.3. The van der Waals surface area contributed by atoms with Gasteiger partial charge in [0.15, 0.2) is 5.82 Å². The van der Waals surface area contributed by atoms with E-state index in [0.29, 0.717) is 5.69 Å². The lowest BCUT2D eigenvalue weighted by Gasteiger charge is -2.07. The van der Waals surface area contributed by atoms with E-state index in [4.69, 9.17) is 11.6 Å². The quantitative estimate of drug-likeness (QED) is 0.894. The van der Waals surface area contributed by atoms with Gasteiger partial charge in [-0.1, -0.05) is 11.6 Å². The molecular weight excluding hydrogens is 312 g/mol. The summed E-state index contributed by atoms with van der Waals surface area (Å²) in [6, 6.07) is 3.97. The average molecular weight is 319 g/mol. The van der Waals surface area contributed by atoms with Crippen LogP contribution in [0, 0.1) is 5.82 Å². The van der Waals surface area contributed by atoms with Crippen molar-refractivity contribution in [3.8, 4) is 0 Å². The Balaban J connectivity index is 2.38. The SMILES string of the molecule is O=c1[nH]cnc(Nc2cc(F)cc(Cl)c2)c1Br. The maximum absolute atomic E-state index is 13.1. The summed E-state index contributed by atoms with van der Waals surface area (Å²) < 4.78 is 13.3. The first-order chi connectivity index (χ1) is 8.06. The van der Waals surface area contributed by atoms with E-state index in [-0.39, 0.29) is 20.9 Å². The minimum atomic E-state index is -0.471. The third-order valence-electron chi connectivity index (χ3n) is 1.92. The Morgan fingerprint density at radius 1 is 1.41 bits per heavy atom. The van der Waals surface area contributed by atoms with Crippen LogP contribution in [0.1, 0.15) is 0 Å². The van der Waals surface area contributed by atoms with E-state index < -0.39 is 5.82 Å². The molecule has 4 nitrogen and oxygen atoms in total. The van der Waals surface area contributed by atoms with Crippen LogP contribution in [0.15, 0.2) is 33.8 Å². The maximum Gasteiger partial charge on any atom is 0.267 e. The zero-order valence-electron chi connectivity index (χ0n) is 8.30. The highest BCUT2D eigenvalue weighted by atomic mass is 79.9. The summed E-state index contributed by atoms with van der Waals surface area (Å²) in [5.74, 6) is -0.184. The molecule has 7 heteroatoms. The second kappa shape index (κ2) is 4.85. The van der Waals surface area contributed by atoms with Crippen LogP contribution in [0.5, 0.6) is 0 Å². The first kappa shape index (κ1) is 12.1. The van der Waals surface area contributed by atoms with E-state index in [2.05, 4.69) is 31.2 Å². The van der Waals surface area contributed by atoms with Crippen LogP contribution in [0.3, 0.4) is 0 Å². The van der Waals surface area contributed by atoms with E-state index in [0.717, 1.165) is 0 Å². The van der Waals surface area contributed by atoms with Gasteiger partial charge in [-0.3, -0.25) is 4.79 Å². The van der Waals surface area contributed by atoms with Crippen molar-refractivity contribution in [2.24, 2.45) is 0 Å². The van der Waals surface area contributed by atoms with Gasteiger partial charge in [0.05, 0.1) is 6.33 Å². The zero-order chi connectivity index (χ0) is 12.4. The Morgan fingerprint density at radius 3 is 2.88 bits per heavy atom. The molecule has 2 N–H and O–H groups in total. The Kier molecular flexibility index (Phi) is 3.44. The number of aromatic nitrogens is 2. The molecule has 88 valence electrons. The molecule has 0 spiro atoms. The number of hydrogen-bond donors (Lipinski definition) is 2. The molecule has 0 aliphatic heterocycles. The predicted molar refractivity (Wildman–Crippen MR) is 67.3 cm³/mol. The van der Waals surface area contributed by atoms with Crippen molar-refractivity contribution >= 4 is 39.0 Å². The molecule has 2 aromatic rings. The van der Waals surface area contributed by atoms with Gasteiger partial charge < -0.3 is 10.3 Å². The number of anilines is 2. The van der Waals surface area contributed by atoms with Crippen molar-refractivity contribution in [2.45, 2.75) is 0 Å². The van der Waals surface area contributed by atoms with Crippen LogP contribution >= 0.6 is 27.5 Å². The lowest BCUT2D eigenvalue weighted by Crippen LogP contribution is -2.10. The molecule has 0 saturated heterocycles. The zero-order valence-corrected chi connectivity index (χ0v) is 10.6. The molecule has 0 fully saturated rings. The van der Waals surface area contributed by atoms with E-state index >= 15 is 0 Å². The highest BCUT2D eigenvalue weighted by molar-refractivity contribution is 9.10. The number of rotatable bonds is 2. The van der Waals surface area contributed by atoms with Crippen molar-refractivity contribution in [1.29, 1.82) is 0 Å². The molecule has 0 saturated carbocycles. The Hall–Kier alpha value is -1.40. The molecule has 0 bridgehead atoms. The number of hydrogen-bond acceptors (Lipinski definition) is 3. The van der Waals surface area contributed by atoms with Crippen LogP contribution < -0.4 is 10.9 Å². The molecule has 1 aromatic carbocycles. The van der Waals surface area contributed by atoms with Crippen molar-refractivity contribution < 1.29 is 4.39 Å². The summed E-state index contributed by atoms with van der Waals surface area (Å²) >= 11 is 8.79. The normalized spacial score (nSPS) is 10.3. The van der Waals surface area contributed by atoms with Gasteiger partial charge >= 0.3 is 0 Å². The lowest BCUT2D eigenvalue weighted by molar-refractivity contribution is 0.628. The monoisotopic (exact) mass is 317 g/mol. The number of nitrogens with zero attached hydrogens (tertiary/aromatic N) is 1. The molecule has 1 aromatic heterocycles. The maximum atomic E-state index is 13.1. The van der Waals surface area contributed by atoms with Gasteiger partial charge in [0, 0.05) is 10.7 Å². The number of aromatic amines is 1. The third kappa shape index (κ3) is 2.83. The second-order valence-corrected chi connectivity index (χ2v) is 4.41. The first-order valence-electron chi connectivity index (χ1n) is 4.52. The second-order valence-electron chi connectivity index (χ2n) is 3.18. The average Bonchev–Trinajstić information content (AvgIpc) is 2.23. The summed E-state index contributed by atoms with van der Waals surface area (Å²) in [6.45, 7) is 0. The standard InChI is InChI=1S/C10H6BrClFN3O/c11-8-9(14-4-15-10(8)17)16-7-2-5(12)1-6(13)3-7/h1-4H,(H2,14,15,16,17). The fourth-order valence-corrected chi connectivity index (χ4v) is 1.77. The topological polar surface area (TPSA) is 57.8 Å².